The Morgan fingerprint density at radius 2 is 2.18 bits per heavy atom. The minimum absolute atomic E-state index is 0.254. The van der Waals surface area contributed by atoms with E-state index in [-0.39, 0.29) is 5.71 Å². The summed E-state index contributed by atoms with van der Waals surface area (Å²) in [7, 11) is 0. The Morgan fingerprint density at radius 1 is 1.41 bits per heavy atom. The molecule has 0 atom stereocenters. The molecule has 0 aliphatic rings. The molecule has 2 aromatic rings. The number of nitrogens with one attached hydrogen (secondary N) is 1. The summed E-state index contributed by atoms with van der Waals surface area (Å²) >= 11 is 7.31. The number of fused-ring (bicyclic) bond motifs is 1. The lowest BCUT2D eigenvalue weighted by Gasteiger charge is -1.90. The first-order valence-electron chi connectivity index (χ1n) is 4.43. The normalized spacial score (nSPS) is 9.35. The van der Waals surface area contributed by atoms with Crippen LogP contribution >= 0.6 is 22.9 Å². The Balaban J connectivity index is 2.34. The fraction of sp³-hybridized carbons (Fsp3) is 0. The predicted octanol–water partition coefficient (Wildman–Crippen LogP) is 2.76. The van der Waals surface area contributed by atoms with Gasteiger partial charge >= 0.3 is 0 Å². The number of nitrogens with zero attached hydrogens (tertiary/aromatic N) is 4. The molecule has 0 fully saturated rings. The van der Waals surface area contributed by atoms with Crippen LogP contribution in [-0.2, 0) is 0 Å². The SMILES string of the molecule is N#CC(C#N)=NNc1nc2c(Cl)cccc2s1. The first-order valence-corrected chi connectivity index (χ1v) is 5.63. The molecule has 1 heterocycles. The highest BCUT2D eigenvalue weighted by molar-refractivity contribution is 7.22. The van der Waals surface area contributed by atoms with Crippen molar-refractivity contribution in [3.8, 4) is 12.1 Å². The summed E-state index contributed by atoms with van der Waals surface area (Å²) < 4.78 is 0.908. The van der Waals surface area contributed by atoms with Crippen molar-refractivity contribution < 1.29 is 0 Å². The van der Waals surface area contributed by atoms with Crippen LogP contribution in [0.2, 0.25) is 5.02 Å². The Labute approximate surface area is 106 Å². The largest absolute Gasteiger partial charge is 0.251 e. The van der Waals surface area contributed by atoms with Crippen molar-refractivity contribution in [3.63, 3.8) is 0 Å². The maximum Gasteiger partial charge on any atom is 0.237 e. The Morgan fingerprint density at radius 3 is 2.82 bits per heavy atom. The summed E-state index contributed by atoms with van der Waals surface area (Å²) in [5.41, 5.74) is 2.97. The van der Waals surface area contributed by atoms with E-state index in [1.165, 1.54) is 11.3 Å². The number of hydrazone groups is 1. The lowest BCUT2D eigenvalue weighted by Crippen LogP contribution is -1.95. The topological polar surface area (TPSA) is 84.9 Å². The van der Waals surface area contributed by atoms with Gasteiger partial charge in [0.25, 0.3) is 0 Å². The average Bonchev–Trinajstić information content (AvgIpc) is 2.75. The van der Waals surface area contributed by atoms with Crippen LogP contribution in [0.1, 0.15) is 0 Å². The van der Waals surface area contributed by atoms with Crippen molar-refractivity contribution in [3.05, 3.63) is 23.2 Å². The molecule has 17 heavy (non-hydrogen) atoms. The number of benzene rings is 1. The second kappa shape index (κ2) is 4.79. The molecule has 0 radical (unpaired) electrons. The van der Waals surface area contributed by atoms with Crippen molar-refractivity contribution in [1.29, 1.82) is 10.5 Å². The van der Waals surface area contributed by atoms with E-state index in [0.717, 1.165) is 4.70 Å². The molecule has 7 heteroatoms. The molecule has 82 valence electrons. The summed E-state index contributed by atoms with van der Waals surface area (Å²) in [5, 5.41) is 21.7. The molecule has 1 aromatic heterocycles. The standard InChI is InChI=1S/C10H4ClN5S/c11-7-2-1-3-8-9(7)14-10(17-8)16-15-6(4-12)5-13/h1-3H,(H,14,16). The van der Waals surface area contributed by atoms with Gasteiger partial charge in [-0.05, 0) is 12.1 Å². The van der Waals surface area contributed by atoms with Gasteiger partial charge < -0.3 is 0 Å². The van der Waals surface area contributed by atoms with Crippen LogP contribution in [-0.4, -0.2) is 10.7 Å². The fourth-order valence-corrected chi connectivity index (χ4v) is 2.25. The van der Waals surface area contributed by atoms with Crippen molar-refractivity contribution in [2.24, 2.45) is 5.10 Å². The number of halogens is 1. The molecule has 0 amide bonds. The van der Waals surface area contributed by atoms with E-state index in [9.17, 15) is 0 Å². The maximum absolute atomic E-state index is 8.51. The van der Waals surface area contributed by atoms with Crippen molar-refractivity contribution in [2.45, 2.75) is 0 Å². The molecule has 0 aliphatic carbocycles. The Bertz CT molecular complexity index is 660. The highest BCUT2D eigenvalue weighted by Gasteiger charge is 2.06. The van der Waals surface area contributed by atoms with Gasteiger partial charge in [0.2, 0.25) is 10.8 Å². The number of hydrogen-bond acceptors (Lipinski definition) is 6. The molecular formula is C10H4ClN5S. The molecule has 0 saturated carbocycles. The maximum atomic E-state index is 8.51. The predicted molar refractivity (Wildman–Crippen MR) is 66.9 cm³/mol. The summed E-state index contributed by atoms with van der Waals surface area (Å²) in [5.74, 6) is 0. The molecule has 0 saturated heterocycles. The summed E-state index contributed by atoms with van der Waals surface area (Å²) in [4.78, 5) is 4.20. The lowest BCUT2D eigenvalue weighted by molar-refractivity contribution is 1.30. The van der Waals surface area contributed by atoms with Gasteiger partial charge in [0.05, 0.1) is 9.72 Å². The van der Waals surface area contributed by atoms with Gasteiger partial charge in [0.15, 0.2) is 0 Å². The number of aromatic nitrogens is 1. The van der Waals surface area contributed by atoms with Crippen LogP contribution in [0.25, 0.3) is 10.2 Å². The minimum atomic E-state index is -0.254. The minimum Gasteiger partial charge on any atom is -0.251 e. The van der Waals surface area contributed by atoms with Crippen LogP contribution in [0.3, 0.4) is 0 Å². The smallest absolute Gasteiger partial charge is 0.237 e. The highest BCUT2D eigenvalue weighted by atomic mass is 35.5. The van der Waals surface area contributed by atoms with E-state index in [0.29, 0.717) is 15.7 Å². The van der Waals surface area contributed by atoms with E-state index in [2.05, 4.69) is 15.5 Å². The van der Waals surface area contributed by atoms with Crippen molar-refractivity contribution in [1.82, 2.24) is 4.98 Å². The first kappa shape index (κ1) is 11.3. The number of hydrogen-bond donors (Lipinski definition) is 1. The molecule has 0 aliphatic heterocycles. The Hall–Kier alpha value is -2.15. The van der Waals surface area contributed by atoms with Crippen LogP contribution < -0.4 is 5.43 Å². The summed E-state index contributed by atoms with van der Waals surface area (Å²) in [6, 6.07) is 8.73. The molecule has 0 spiro atoms. The molecule has 5 nitrogen and oxygen atoms in total. The number of rotatable bonds is 2. The molecular weight excluding hydrogens is 258 g/mol. The van der Waals surface area contributed by atoms with E-state index < -0.39 is 0 Å². The number of anilines is 1. The van der Waals surface area contributed by atoms with Gasteiger partial charge in [-0.1, -0.05) is 29.0 Å². The van der Waals surface area contributed by atoms with E-state index >= 15 is 0 Å². The molecule has 0 bridgehead atoms. The zero-order chi connectivity index (χ0) is 12.3. The first-order chi connectivity index (χ1) is 8.24. The van der Waals surface area contributed by atoms with Gasteiger partial charge in [-0.3, -0.25) is 5.43 Å². The average molecular weight is 262 g/mol. The fourth-order valence-electron chi connectivity index (χ4n) is 1.14. The molecule has 1 N–H and O–H groups in total. The summed E-state index contributed by atoms with van der Waals surface area (Å²) in [6.07, 6.45) is 0. The van der Waals surface area contributed by atoms with Crippen LogP contribution in [0.15, 0.2) is 23.3 Å². The molecule has 0 unspecified atom stereocenters. The highest BCUT2D eigenvalue weighted by Crippen LogP contribution is 2.30. The van der Waals surface area contributed by atoms with Crippen LogP contribution in [0.4, 0.5) is 5.13 Å². The van der Waals surface area contributed by atoms with E-state index in [1.54, 1.807) is 18.2 Å². The van der Waals surface area contributed by atoms with Crippen LogP contribution in [0.5, 0.6) is 0 Å². The van der Waals surface area contributed by atoms with E-state index in [1.807, 2.05) is 12.1 Å². The third kappa shape index (κ3) is 2.34. The Kier molecular flexibility index (Phi) is 3.20. The zero-order valence-corrected chi connectivity index (χ0v) is 9.88. The zero-order valence-electron chi connectivity index (χ0n) is 8.31. The molecule has 2 rings (SSSR count). The number of nitriles is 2. The second-order valence-electron chi connectivity index (χ2n) is 2.90. The van der Waals surface area contributed by atoms with Crippen LogP contribution in [0, 0.1) is 22.7 Å². The third-order valence-corrected chi connectivity index (χ3v) is 3.08. The molecule has 1 aromatic carbocycles. The van der Waals surface area contributed by atoms with E-state index in [4.69, 9.17) is 22.1 Å². The summed E-state index contributed by atoms with van der Waals surface area (Å²) in [6.45, 7) is 0. The lowest BCUT2D eigenvalue weighted by atomic mass is 10.3. The van der Waals surface area contributed by atoms with Gasteiger partial charge in [0.1, 0.15) is 17.7 Å². The van der Waals surface area contributed by atoms with Crippen molar-refractivity contribution >= 4 is 44.0 Å². The number of para-hydroxylation sites is 1. The quantitative estimate of drug-likeness (QED) is 0.665. The number of thiazole rings is 1. The van der Waals surface area contributed by atoms with Gasteiger partial charge in [0, 0.05) is 0 Å². The second-order valence-corrected chi connectivity index (χ2v) is 4.34. The van der Waals surface area contributed by atoms with Gasteiger partial charge in [-0.15, -0.1) is 0 Å². The monoisotopic (exact) mass is 261 g/mol. The van der Waals surface area contributed by atoms with Gasteiger partial charge in [-0.2, -0.15) is 15.6 Å². The van der Waals surface area contributed by atoms with Gasteiger partial charge in [-0.25, -0.2) is 4.98 Å². The van der Waals surface area contributed by atoms with Crippen molar-refractivity contribution in [2.75, 3.05) is 5.43 Å². The third-order valence-electron chi connectivity index (χ3n) is 1.84.